The SMILES string of the molecule is N#Cc1ccc(Cn2ccc(C(C(N)=O)c3ccc(C4(C(F)(F)F)CC4)cc3)n2)cc1. The second-order valence-electron chi connectivity index (χ2n) is 7.78. The van der Waals surface area contributed by atoms with Crippen LogP contribution in [0, 0.1) is 11.3 Å². The second kappa shape index (κ2) is 7.58. The lowest BCUT2D eigenvalue weighted by Crippen LogP contribution is -2.28. The van der Waals surface area contributed by atoms with E-state index in [1.54, 1.807) is 29.1 Å². The summed E-state index contributed by atoms with van der Waals surface area (Å²) in [5.41, 5.74) is 6.44. The summed E-state index contributed by atoms with van der Waals surface area (Å²) in [4.78, 5) is 12.2. The molecule has 31 heavy (non-hydrogen) atoms. The second-order valence-corrected chi connectivity index (χ2v) is 7.78. The molecule has 0 bridgehead atoms. The molecule has 158 valence electrons. The fourth-order valence-electron chi connectivity index (χ4n) is 3.83. The van der Waals surface area contributed by atoms with Crippen molar-refractivity contribution in [2.75, 3.05) is 0 Å². The molecule has 1 saturated carbocycles. The average Bonchev–Trinajstić information content (AvgIpc) is 3.45. The van der Waals surface area contributed by atoms with Crippen LogP contribution in [0.25, 0.3) is 0 Å². The highest BCUT2D eigenvalue weighted by atomic mass is 19.4. The molecule has 1 aliphatic carbocycles. The van der Waals surface area contributed by atoms with Gasteiger partial charge in [0.15, 0.2) is 0 Å². The highest BCUT2D eigenvalue weighted by Crippen LogP contribution is 2.58. The maximum atomic E-state index is 13.4. The van der Waals surface area contributed by atoms with Gasteiger partial charge in [0.25, 0.3) is 0 Å². The van der Waals surface area contributed by atoms with E-state index in [0.29, 0.717) is 23.4 Å². The zero-order valence-electron chi connectivity index (χ0n) is 16.4. The highest BCUT2D eigenvalue weighted by molar-refractivity contribution is 5.85. The minimum Gasteiger partial charge on any atom is -0.369 e. The molecule has 1 heterocycles. The molecule has 0 aliphatic heterocycles. The Morgan fingerprint density at radius 2 is 1.77 bits per heavy atom. The van der Waals surface area contributed by atoms with E-state index in [1.165, 1.54) is 24.3 Å². The van der Waals surface area contributed by atoms with Gasteiger partial charge in [-0.2, -0.15) is 23.5 Å². The summed E-state index contributed by atoms with van der Waals surface area (Å²) >= 11 is 0. The quantitative estimate of drug-likeness (QED) is 0.649. The van der Waals surface area contributed by atoms with Gasteiger partial charge in [-0.15, -0.1) is 0 Å². The third kappa shape index (κ3) is 3.91. The number of hydrogen-bond acceptors (Lipinski definition) is 3. The van der Waals surface area contributed by atoms with Crippen molar-refractivity contribution in [3.8, 4) is 6.07 Å². The number of halogens is 3. The topological polar surface area (TPSA) is 84.7 Å². The standard InChI is InChI=1S/C23H19F3N4O/c24-23(25,26)22(10-11-22)18-7-5-17(6-8-18)20(21(28)31)19-9-12-30(29-19)14-16-3-1-15(13-27)2-4-16/h1-9,12,20H,10-11,14H2,(H2,28,31). The maximum absolute atomic E-state index is 13.4. The third-order valence-corrected chi connectivity index (χ3v) is 5.76. The van der Waals surface area contributed by atoms with Gasteiger partial charge >= 0.3 is 6.18 Å². The molecule has 1 atom stereocenters. The lowest BCUT2D eigenvalue weighted by Gasteiger charge is -2.20. The molecule has 0 radical (unpaired) electrons. The number of primary amides is 1. The first-order chi connectivity index (χ1) is 14.7. The third-order valence-electron chi connectivity index (χ3n) is 5.76. The van der Waals surface area contributed by atoms with Gasteiger partial charge in [0.05, 0.1) is 29.3 Å². The molecule has 4 rings (SSSR count). The molecule has 3 aromatic rings. The van der Waals surface area contributed by atoms with Crippen LogP contribution < -0.4 is 5.73 Å². The van der Waals surface area contributed by atoms with Crippen LogP contribution in [0.15, 0.2) is 60.8 Å². The number of carbonyl (C=O) groups excluding carboxylic acids is 1. The van der Waals surface area contributed by atoms with Crippen LogP contribution in [0.3, 0.4) is 0 Å². The number of amides is 1. The molecule has 5 nitrogen and oxygen atoms in total. The van der Waals surface area contributed by atoms with Crippen LogP contribution in [0.4, 0.5) is 13.2 Å². The van der Waals surface area contributed by atoms with Crippen molar-refractivity contribution in [2.45, 2.75) is 36.9 Å². The molecule has 1 aromatic heterocycles. The molecule has 2 aromatic carbocycles. The van der Waals surface area contributed by atoms with Crippen LogP contribution in [0.1, 0.15) is 46.7 Å². The highest BCUT2D eigenvalue weighted by Gasteiger charge is 2.64. The van der Waals surface area contributed by atoms with Crippen molar-refractivity contribution in [1.29, 1.82) is 5.26 Å². The summed E-state index contributed by atoms with van der Waals surface area (Å²) < 4.78 is 41.7. The largest absolute Gasteiger partial charge is 0.398 e. The average molecular weight is 424 g/mol. The first kappa shape index (κ1) is 20.7. The van der Waals surface area contributed by atoms with Gasteiger partial charge in [0.2, 0.25) is 5.91 Å². The Kier molecular flexibility index (Phi) is 5.05. The number of nitrogens with zero attached hydrogens (tertiary/aromatic N) is 3. The molecule has 2 N–H and O–H groups in total. The fraction of sp³-hybridized carbons (Fsp3) is 0.261. The van der Waals surface area contributed by atoms with Crippen LogP contribution >= 0.6 is 0 Å². The number of rotatable bonds is 6. The predicted octanol–water partition coefficient (Wildman–Crippen LogP) is 4.01. The van der Waals surface area contributed by atoms with E-state index in [2.05, 4.69) is 11.2 Å². The Labute approximate surface area is 176 Å². The number of alkyl halides is 3. The van der Waals surface area contributed by atoms with Crippen molar-refractivity contribution in [3.05, 3.63) is 88.7 Å². The summed E-state index contributed by atoms with van der Waals surface area (Å²) in [6, 6.07) is 16.7. The lowest BCUT2D eigenvalue weighted by molar-refractivity contribution is -0.160. The van der Waals surface area contributed by atoms with Crippen LogP contribution in [-0.2, 0) is 16.8 Å². The normalized spacial score (nSPS) is 15.8. The molecule has 1 amide bonds. The summed E-state index contributed by atoms with van der Waals surface area (Å²) in [6.07, 6.45) is -2.42. The van der Waals surface area contributed by atoms with Crippen LogP contribution in [-0.4, -0.2) is 21.9 Å². The van der Waals surface area contributed by atoms with Crippen LogP contribution in [0.2, 0.25) is 0 Å². The predicted molar refractivity (Wildman–Crippen MR) is 107 cm³/mol. The Bertz CT molecular complexity index is 1140. The minimum absolute atomic E-state index is 0.0782. The van der Waals surface area contributed by atoms with Gasteiger partial charge in [-0.1, -0.05) is 36.4 Å². The summed E-state index contributed by atoms with van der Waals surface area (Å²) in [5, 5.41) is 13.3. The monoisotopic (exact) mass is 424 g/mol. The lowest BCUT2D eigenvalue weighted by atomic mass is 9.90. The van der Waals surface area contributed by atoms with E-state index in [0.717, 1.165) is 5.56 Å². The summed E-state index contributed by atoms with van der Waals surface area (Å²) in [5.74, 6) is -1.49. The van der Waals surface area contributed by atoms with Gasteiger partial charge in [-0.3, -0.25) is 9.48 Å². The zero-order chi connectivity index (χ0) is 22.2. The van der Waals surface area contributed by atoms with Gasteiger partial charge in [-0.05, 0) is 47.7 Å². The Morgan fingerprint density at radius 1 is 1.13 bits per heavy atom. The molecular weight excluding hydrogens is 405 g/mol. The number of aromatic nitrogens is 2. The van der Waals surface area contributed by atoms with E-state index in [4.69, 9.17) is 11.0 Å². The molecule has 1 unspecified atom stereocenters. The number of carbonyl (C=O) groups is 1. The van der Waals surface area contributed by atoms with Gasteiger partial charge in [-0.25, -0.2) is 0 Å². The number of nitriles is 1. The number of benzene rings is 2. The molecule has 1 fully saturated rings. The molecule has 0 spiro atoms. The van der Waals surface area contributed by atoms with Crippen molar-refractivity contribution in [1.82, 2.24) is 9.78 Å². The van der Waals surface area contributed by atoms with Gasteiger partial charge < -0.3 is 5.73 Å². The Hall–Kier alpha value is -3.60. The molecule has 1 aliphatic rings. The maximum Gasteiger partial charge on any atom is 0.398 e. The minimum atomic E-state index is -4.29. The van der Waals surface area contributed by atoms with E-state index < -0.39 is 23.4 Å². The number of nitrogens with two attached hydrogens (primary N) is 1. The van der Waals surface area contributed by atoms with E-state index in [1.807, 2.05) is 12.1 Å². The molecule has 0 saturated heterocycles. The first-order valence-electron chi connectivity index (χ1n) is 9.72. The van der Waals surface area contributed by atoms with E-state index in [-0.39, 0.29) is 18.4 Å². The van der Waals surface area contributed by atoms with Crippen molar-refractivity contribution in [3.63, 3.8) is 0 Å². The first-order valence-corrected chi connectivity index (χ1v) is 9.72. The zero-order valence-corrected chi connectivity index (χ0v) is 16.4. The summed E-state index contributed by atoms with van der Waals surface area (Å²) in [6.45, 7) is 0.435. The molecular formula is C23H19F3N4O. The van der Waals surface area contributed by atoms with Crippen molar-refractivity contribution >= 4 is 5.91 Å². The van der Waals surface area contributed by atoms with E-state index >= 15 is 0 Å². The van der Waals surface area contributed by atoms with E-state index in [9.17, 15) is 18.0 Å². The summed E-state index contributed by atoms with van der Waals surface area (Å²) in [7, 11) is 0. The van der Waals surface area contributed by atoms with Crippen molar-refractivity contribution < 1.29 is 18.0 Å². The molecule has 8 heteroatoms. The van der Waals surface area contributed by atoms with Gasteiger partial charge in [0, 0.05) is 6.20 Å². The Balaban J connectivity index is 1.56. The van der Waals surface area contributed by atoms with Crippen LogP contribution in [0.5, 0.6) is 0 Å². The smallest absolute Gasteiger partial charge is 0.369 e. The van der Waals surface area contributed by atoms with Crippen molar-refractivity contribution in [2.24, 2.45) is 5.73 Å². The van der Waals surface area contributed by atoms with Gasteiger partial charge in [0.1, 0.15) is 5.92 Å². The Morgan fingerprint density at radius 3 is 2.29 bits per heavy atom. The number of hydrogen-bond donors (Lipinski definition) is 1. The fourth-order valence-corrected chi connectivity index (χ4v) is 3.83.